The highest BCUT2D eigenvalue weighted by Gasteiger charge is 2.27. The molecule has 1 heterocycles. The van der Waals surface area contributed by atoms with Crippen molar-refractivity contribution in [1.29, 1.82) is 0 Å². The summed E-state index contributed by atoms with van der Waals surface area (Å²) in [6.45, 7) is 6.86. The summed E-state index contributed by atoms with van der Waals surface area (Å²) in [6, 6.07) is 0.103. The third-order valence-electron chi connectivity index (χ3n) is 2.46. The van der Waals surface area contributed by atoms with Crippen molar-refractivity contribution in [2.24, 2.45) is 0 Å². The first-order valence-corrected chi connectivity index (χ1v) is 5.40. The molecule has 88 valence electrons. The van der Waals surface area contributed by atoms with Crippen LogP contribution in [0.4, 0.5) is 4.79 Å². The van der Waals surface area contributed by atoms with Crippen LogP contribution in [0.2, 0.25) is 0 Å². The van der Waals surface area contributed by atoms with Gasteiger partial charge in [-0.15, -0.1) is 0 Å². The van der Waals surface area contributed by atoms with Crippen molar-refractivity contribution in [1.82, 2.24) is 9.80 Å². The Morgan fingerprint density at radius 2 is 1.80 bits per heavy atom. The Balaban J connectivity index is 2.22. The SMILES string of the molecule is CCOCCN1CCN(CCOC)C1=O. The number of nitrogens with zero attached hydrogens (tertiary/aromatic N) is 2. The normalized spacial score (nSPS) is 16.5. The zero-order valence-corrected chi connectivity index (χ0v) is 9.57. The van der Waals surface area contributed by atoms with Crippen LogP contribution in [-0.2, 0) is 9.47 Å². The van der Waals surface area contributed by atoms with E-state index in [1.165, 1.54) is 0 Å². The molecule has 0 aromatic heterocycles. The lowest BCUT2D eigenvalue weighted by Gasteiger charge is -2.18. The standard InChI is InChI=1S/C10H20N2O3/c1-3-15-9-7-12-5-4-11(10(12)13)6-8-14-2/h3-9H2,1-2H3. The van der Waals surface area contributed by atoms with Crippen molar-refractivity contribution < 1.29 is 14.3 Å². The summed E-state index contributed by atoms with van der Waals surface area (Å²) in [5, 5.41) is 0. The van der Waals surface area contributed by atoms with Gasteiger partial charge in [0, 0.05) is 39.9 Å². The molecule has 1 fully saturated rings. The van der Waals surface area contributed by atoms with E-state index in [-0.39, 0.29) is 6.03 Å². The van der Waals surface area contributed by atoms with Crippen LogP contribution in [0.5, 0.6) is 0 Å². The largest absolute Gasteiger partial charge is 0.383 e. The van der Waals surface area contributed by atoms with Crippen LogP contribution in [0.25, 0.3) is 0 Å². The Morgan fingerprint density at radius 1 is 1.20 bits per heavy atom. The molecule has 0 atom stereocenters. The van der Waals surface area contributed by atoms with E-state index in [0.717, 1.165) is 13.1 Å². The molecule has 0 aromatic rings. The van der Waals surface area contributed by atoms with Crippen LogP contribution in [0, 0.1) is 0 Å². The van der Waals surface area contributed by atoms with Gasteiger partial charge in [-0.1, -0.05) is 0 Å². The molecule has 0 bridgehead atoms. The topological polar surface area (TPSA) is 42.0 Å². The van der Waals surface area contributed by atoms with Gasteiger partial charge in [-0.25, -0.2) is 4.79 Å². The Morgan fingerprint density at radius 3 is 2.33 bits per heavy atom. The molecule has 15 heavy (non-hydrogen) atoms. The third-order valence-corrected chi connectivity index (χ3v) is 2.46. The van der Waals surface area contributed by atoms with Gasteiger partial charge in [0.25, 0.3) is 0 Å². The quantitative estimate of drug-likeness (QED) is 0.579. The summed E-state index contributed by atoms with van der Waals surface area (Å²) in [7, 11) is 1.65. The fourth-order valence-electron chi connectivity index (χ4n) is 1.57. The number of methoxy groups -OCH3 is 1. The van der Waals surface area contributed by atoms with Crippen molar-refractivity contribution in [2.45, 2.75) is 6.92 Å². The van der Waals surface area contributed by atoms with Gasteiger partial charge in [-0.3, -0.25) is 0 Å². The second kappa shape index (κ2) is 6.63. The molecule has 1 aliphatic rings. The minimum absolute atomic E-state index is 0.103. The Kier molecular flexibility index (Phi) is 5.42. The molecule has 0 aliphatic carbocycles. The predicted molar refractivity (Wildman–Crippen MR) is 56.9 cm³/mol. The molecular weight excluding hydrogens is 196 g/mol. The maximum absolute atomic E-state index is 11.7. The molecule has 0 saturated carbocycles. The van der Waals surface area contributed by atoms with Crippen LogP contribution >= 0.6 is 0 Å². The molecule has 5 heteroatoms. The van der Waals surface area contributed by atoms with Crippen LogP contribution in [0.1, 0.15) is 6.92 Å². The molecule has 0 N–H and O–H groups in total. The number of hydrogen-bond donors (Lipinski definition) is 0. The molecule has 0 aromatic carbocycles. The molecule has 1 saturated heterocycles. The highest BCUT2D eigenvalue weighted by Crippen LogP contribution is 2.07. The monoisotopic (exact) mass is 216 g/mol. The molecule has 1 aliphatic heterocycles. The van der Waals surface area contributed by atoms with Gasteiger partial charge in [0.2, 0.25) is 0 Å². The lowest BCUT2D eigenvalue weighted by molar-refractivity contribution is 0.121. The van der Waals surface area contributed by atoms with Crippen LogP contribution in [0.15, 0.2) is 0 Å². The molecule has 0 radical (unpaired) electrons. The first-order valence-electron chi connectivity index (χ1n) is 5.40. The van der Waals surface area contributed by atoms with Crippen molar-refractivity contribution in [3.8, 4) is 0 Å². The highest BCUT2D eigenvalue weighted by molar-refractivity contribution is 5.76. The Hall–Kier alpha value is -0.810. The number of amides is 2. The lowest BCUT2D eigenvalue weighted by Crippen LogP contribution is -2.35. The maximum atomic E-state index is 11.7. The second-order valence-corrected chi connectivity index (χ2v) is 3.45. The zero-order chi connectivity index (χ0) is 11.1. The summed E-state index contributed by atoms with van der Waals surface area (Å²) in [4.78, 5) is 15.4. The average Bonchev–Trinajstić information content (AvgIpc) is 2.58. The smallest absolute Gasteiger partial charge is 0.320 e. The van der Waals surface area contributed by atoms with E-state index in [9.17, 15) is 4.79 Å². The van der Waals surface area contributed by atoms with E-state index in [2.05, 4.69) is 0 Å². The fourth-order valence-corrected chi connectivity index (χ4v) is 1.57. The number of hydrogen-bond acceptors (Lipinski definition) is 3. The molecule has 5 nitrogen and oxygen atoms in total. The molecule has 0 unspecified atom stereocenters. The van der Waals surface area contributed by atoms with Gasteiger partial charge in [-0.2, -0.15) is 0 Å². The third kappa shape index (κ3) is 3.68. The predicted octanol–water partition coefficient (Wildman–Crippen LogP) is 0.407. The Bertz CT molecular complexity index is 199. The summed E-state index contributed by atoms with van der Waals surface area (Å²) in [6.07, 6.45) is 0. The molecular formula is C10H20N2O3. The first-order chi connectivity index (χ1) is 7.29. The second-order valence-electron chi connectivity index (χ2n) is 3.45. The lowest BCUT2D eigenvalue weighted by atomic mass is 10.5. The van der Waals surface area contributed by atoms with Crippen molar-refractivity contribution in [3.63, 3.8) is 0 Å². The van der Waals surface area contributed by atoms with E-state index in [1.54, 1.807) is 7.11 Å². The van der Waals surface area contributed by atoms with E-state index in [1.807, 2.05) is 16.7 Å². The maximum Gasteiger partial charge on any atom is 0.320 e. The number of urea groups is 1. The van der Waals surface area contributed by atoms with Crippen molar-refractivity contribution in [2.75, 3.05) is 53.1 Å². The summed E-state index contributed by atoms with van der Waals surface area (Å²) in [5.74, 6) is 0. The highest BCUT2D eigenvalue weighted by atomic mass is 16.5. The van der Waals surface area contributed by atoms with Crippen molar-refractivity contribution >= 4 is 6.03 Å². The van der Waals surface area contributed by atoms with Gasteiger partial charge in [0.05, 0.1) is 13.2 Å². The van der Waals surface area contributed by atoms with E-state index >= 15 is 0 Å². The first kappa shape index (κ1) is 12.3. The summed E-state index contributed by atoms with van der Waals surface area (Å²) < 4.78 is 10.2. The Labute approximate surface area is 90.9 Å². The van der Waals surface area contributed by atoms with Gasteiger partial charge in [0.15, 0.2) is 0 Å². The van der Waals surface area contributed by atoms with E-state index in [4.69, 9.17) is 9.47 Å². The molecule has 0 spiro atoms. The molecule has 1 rings (SSSR count). The zero-order valence-electron chi connectivity index (χ0n) is 9.57. The number of carbonyl (C=O) groups excluding carboxylic acids is 1. The van der Waals surface area contributed by atoms with Crippen molar-refractivity contribution in [3.05, 3.63) is 0 Å². The fraction of sp³-hybridized carbons (Fsp3) is 0.900. The van der Waals surface area contributed by atoms with Crippen LogP contribution < -0.4 is 0 Å². The number of rotatable bonds is 7. The minimum Gasteiger partial charge on any atom is -0.383 e. The summed E-state index contributed by atoms with van der Waals surface area (Å²) >= 11 is 0. The van der Waals surface area contributed by atoms with E-state index in [0.29, 0.717) is 32.9 Å². The van der Waals surface area contributed by atoms with E-state index < -0.39 is 0 Å². The van der Waals surface area contributed by atoms with Crippen LogP contribution in [0.3, 0.4) is 0 Å². The van der Waals surface area contributed by atoms with Gasteiger partial charge in [0.1, 0.15) is 0 Å². The average molecular weight is 216 g/mol. The minimum atomic E-state index is 0.103. The van der Waals surface area contributed by atoms with Gasteiger partial charge in [-0.05, 0) is 6.92 Å². The van der Waals surface area contributed by atoms with Gasteiger partial charge >= 0.3 is 6.03 Å². The summed E-state index contributed by atoms with van der Waals surface area (Å²) in [5.41, 5.74) is 0. The number of ether oxygens (including phenoxy) is 2. The van der Waals surface area contributed by atoms with Crippen LogP contribution in [-0.4, -0.2) is 68.9 Å². The molecule has 2 amide bonds. The van der Waals surface area contributed by atoms with Gasteiger partial charge < -0.3 is 19.3 Å². The number of carbonyl (C=O) groups is 1.